The number of halogens is 1. The van der Waals surface area contributed by atoms with Gasteiger partial charge in [0, 0.05) is 30.4 Å². The zero-order valence-corrected chi connectivity index (χ0v) is 29.7. The van der Waals surface area contributed by atoms with Gasteiger partial charge in [0.05, 0.1) is 19.0 Å². The molecule has 3 amide bonds. The predicted octanol–water partition coefficient (Wildman–Crippen LogP) is 7.17. The Kier molecular flexibility index (Phi) is 16.8. The normalized spacial score (nSPS) is 18.9. The number of likely N-dealkylation sites (tertiary alicyclic amines) is 1. The monoisotopic (exact) mass is 682 g/mol. The van der Waals surface area contributed by atoms with Crippen LogP contribution in [-0.4, -0.2) is 63.5 Å². The van der Waals surface area contributed by atoms with Crippen LogP contribution in [0.25, 0.3) is 0 Å². The van der Waals surface area contributed by atoms with E-state index in [-0.39, 0.29) is 36.0 Å². The quantitative estimate of drug-likeness (QED) is 0.124. The Bertz CT molecular complexity index is 1410. The molecular formula is C38H55FN4O6. The second kappa shape index (κ2) is 20.2. The molecule has 1 saturated carbocycles. The van der Waals surface area contributed by atoms with E-state index in [0.717, 1.165) is 43.5 Å². The van der Waals surface area contributed by atoms with Crippen molar-refractivity contribution in [1.82, 2.24) is 9.80 Å². The Morgan fingerprint density at radius 1 is 1.08 bits per heavy atom. The summed E-state index contributed by atoms with van der Waals surface area (Å²) in [5.74, 6) is -0.498. The van der Waals surface area contributed by atoms with Crippen molar-refractivity contribution < 1.29 is 33.8 Å². The van der Waals surface area contributed by atoms with Crippen molar-refractivity contribution in [3.05, 3.63) is 77.1 Å². The van der Waals surface area contributed by atoms with E-state index in [9.17, 15) is 18.8 Å². The summed E-state index contributed by atoms with van der Waals surface area (Å²) in [7, 11) is 0. The van der Waals surface area contributed by atoms with Crippen LogP contribution >= 0.6 is 0 Å². The first kappa shape index (κ1) is 40.8. The summed E-state index contributed by atoms with van der Waals surface area (Å²) in [4.78, 5) is 45.0. The Balaban J connectivity index is 0.000000253. The third-order valence-electron chi connectivity index (χ3n) is 8.76. The summed E-state index contributed by atoms with van der Waals surface area (Å²) in [5.41, 5.74) is 7.87. The number of fused-ring (bicyclic) bond motifs is 1. The van der Waals surface area contributed by atoms with Gasteiger partial charge in [0.2, 0.25) is 12.3 Å². The highest BCUT2D eigenvalue weighted by Crippen LogP contribution is 2.39. The van der Waals surface area contributed by atoms with Gasteiger partial charge in [-0.3, -0.25) is 19.3 Å². The van der Waals surface area contributed by atoms with E-state index in [1.807, 2.05) is 17.0 Å². The number of hydrogen-bond acceptors (Lipinski definition) is 5. The van der Waals surface area contributed by atoms with Crippen molar-refractivity contribution in [2.24, 2.45) is 17.6 Å². The van der Waals surface area contributed by atoms with Gasteiger partial charge >= 0.3 is 12.1 Å². The van der Waals surface area contributed by atoms with Gasteiger partial charge in [-0.25, -0.2) is 9.18 Å². The molecule has 2 unspecified atom stereocenters. The van der Waals surface area contributed by atoms with E-state index in [0.29, 0.717) is 30.6 Å². The number of carbonyl (C=O) groups is 4. The molecule has 2 aromatic carbocycles. The van der Waals surface area contributed by atoms with Crippen LogP contribution in [0.15, 0.2) is 54.6 Å². The molecule has 0 radical (unpaired) electrons. The second-order valence-electron chi connectivity index (χ2n) is 13.7. The minimum Gasteiger partial charge on any atom is -0.481 e. The largest absolute Gasteiger partial charge is 0.481 e. The minimum atomic E-state index is -1.00. The lowest BCUT2D eigenvalue weighted by atomic mass is 9.87. The maximum absolute atomic E-state index is 13.1. The molecule has 2 aliphatic heterocycles. The van der Waals surface area contributed by atoms with Crippen LogP contribution in [-0.2, 0) is 32.9 Å². The summed E-state index contributed by atoms with van der Waals surface area (Å²) in [6.07, 6.45) is 11.4. The fourth-order valence-corrected chi connectivity index (χ4v) is 5.69. The summed E-state index contributed by atoms with van der Waals surface area (Å²) < 4.78 is 13.1. The summed E-state index contributed by atoms with van der Waals surface area (Å²) in [6.45, 7) is 12.7. The van der Waals surface area contributed by atoms with Crippen molar-refractivity contribution >= 4 is 30.1 Å². The van der Waals surface area contributed by atoms with E-state index < -0.39 is 12.1 Å². The molecule has 0 aromatic heterocycles. The van der Waals surface area contributed by atoms with Crippen LogP contribution in [0.5, 0.6) is 0 Å². The molecule has 10 nitrogen and oxygen atoms in total. The number of hydrogen-bond donors (Lipinski definition) is 4. The fourth-order valence-electron chi connectivity index (χ4n) is 5.69. The molecule has 3 aliphatic rings. The third-order valence-corrected chi connectivity index (χ3v) is 8.76. The van der Waals surface area contributed by atoms with E-state index in [2.05, 4.69) is 70.0 Å². The van der Waals surface area contributed by atoms with E-state index in [1.54, 1.807) is 12.1 Å². The number of nitrogens with one attached hydrogen (secondary N) is 1. The number of rotatable bonds is 9. The van der Waals surface area contributed by atoms with Crippen LogP contribution in [0, 0.1) is 17.7 Å². The fraction of sp³-hybridized carbons (Fsp3) is 0.526. The number of nitrogens with zero attached hydrogens (tertiary/aromatic N) is 2. The average Bonchev–Trinajstić information content (AvgIpc) is 3.47. The van der Waals surface area contributed by atoms with Crippen LogP contribution in [0.4, 0.5) is 14.9 Å². The smallest absolute Gasteiger partial charge is 0.407 e. The van der Waals surface area contributed by atoms with Gasteiger partial charge in [-0.1, -0.05) is 77.0 Å². The molecule has 11 heteroatoms. The van der Waals surface area contributed by atoms with Crippen LogP contribution < -0.4 is 11.1 Å². The highest BCUT2D eigenvalue weighted by Gasteiger charge is 2.40. The predicted molar refractivity (Wildman–Crippen MR) is 190 cm³/mol. The van der Waals surface area contributed by atoms with Crippen molar-refractivity contribution in [3.8, 4) is 0 Å². The van der Waals surface area contributed by atoms with Gasteiger partial charge in [0.15, 0.2) is 0 Å². The van der Waals surface area contributed by atoms with E-state index in [4.69, 9.17) is 15.0 Å². The molecule has 2 aromatic rings. The van der Waals surface area contributed by atoms with E-state index >= 15 is 0 Å². The zero-order valence-electron chi connectivity index (χ0n) is 29.7. The maximum atomic E-state index is 13.1. The lowest BCUT2D eigenvalue weighted by Crippen LogP contribution is -2.37. The second-order valence-corrected chi connectivity index (χ2v) is 13.7. The molecule has 3 atom stereocenters. The van der Waals surface area contributed by atoms with Gasteiger partial charge in [0.25, 0.3) is 0 Å². The van der Waals surface area contributed by atoms with Crippen molar-refractivity contribution in [1.29, 1.82) is 0 Å². The molecule has 49 heavy (non-hydrogen) atoms. The van der Waals surface area contributed by atoms with Crippen molar-refractivity contribution in [3.63, 3.8) is 0 Å². The lowest BCUT2D eigenvalue weighted by Gasteiger charge is -2.23. The lowest BCUT2D eigenvalue weighted by molar-refractivity contribution is -0.138. The van der Waals surface area contributed by atoms with Gasteiger partial charge < -0.3 is 26.2 Å². The molecule has 1 saturated heterocycles. The number of aliphatic carboxylic acids is 1. The molecule has 0 spiro atoms. The first-order chi connectivity index (χ1) is 23.2. The first-order valence-electron chi connectivity index (χ1n) is 17.2. The van der Waals surface area contributed by atoms with Gasteiger partial charge in [0.1, 0.15) is 5.82 Å². The summed E-state index contributed by atoms with van der Waals surface area (Å²) in [6, 6.07) is 13.4. The molecule has 270 valence electrons. The van der Waals surface area contributed by atoms with Crippen LogP contribution in [0.2, 0.25) is 0 Å². The topological polar surface area (TPSA) is 153 Å². The Hall–Kier alpha value is -4.41. The highest BCUT2D eigenvalue weighted by atomic mass is 19.1. The minimum absolute atomic E-state index is 0.0811. The SMILES string of the molecule is CC1CCCN1C(=O)CNc1cccc(C(C)(C)C)c1.CCCCC/C=C\[C@@H]1CC1C(=O)O.NC=O.O=C(O)N1Cc2cccc(F)c2C1. The number of carbonyl (C=O) groups excluding carboxylic acids is 2. The molecule has 2 fully saturated rings. The Morgan fingerprint density at radius 3 is 2.33 bits per heavy atom. The number of amides is 3. The number of nitrogens with two attached hydrogens (primary N) is 1. The van der Waals surface area contributed by atoms with Crippen molar-refractivity contribution in [2.45, 2.75) is 104 Å². The maximum Gasteiger partial charge on any atom is 0.407 e. The number of carboxylic acid groups (broad SMARTS) is 2. The Labute approximate surface area is 290 Å². The molecule has 2 heterocycles. The first-order valence-corrected chi connectivity index (χ1v) is 17.2. The standard InChI is InChI=1S/C17H26N2O.C11H18O2.C9H8FNO2.CH3NO/c1-13-7-6-10-19(13)16(20)12-18-15-9-5-8-14(11-15)17(2,3)4;1-2-3-4-5-6-7-9-8-10(9)11(12)13;10-8-3-1-2-6-4-11(9(12)13)5-7(6)8;2-1-3/h5,8-9,11,13,18H,6-7,10,12H2,1-4H3;6-7,9-10H,2-5,8H2,1H3,(H,12,13);1-3H,4-5H2,(H,12,13);1H,(H2,2,3)/b;7-6-;;/t;9-,10?;;/m.1../s1. The number of anilines is 1. The number of carboxylic acids is 1. The molecule has 0 bridgehead atoms. The Morgan fingerprint density at radius 2 is 1.78 bits per heavy atom. The van der Waals surface area contributed by atoms with Crippen LogP contribution in [0.3, 0.4) is 0 Å². The highest BCUT2D eigenvalue weighted by molar-refractivity contribution is 5.81. The van der Waals surface area contributed by atoms with Gasteiger partial charge in [-0.05, 0) is 79.7 Å². The summed E-state index contributed by atoms with van der Waals surface area (Å²) >= 11 is 0. The molecular weight excluding hydrogens is 627 g/mol. The van der Waals surface area contributed by atoms with Gasteiger partial charge in [-0.15, -0.1) is 0 Å². The molecule has 1 aliphatic carbocycles. The number of primary amides is 1. The van der Waals surface area contributed by atoms with Gasteiger partial charge in [-0.2, -0.15) is 0 Å². The number of unbranched alkanes of at least 4 members (excludes halogenated alkanes) is 3. The number of allylic oxidation sites excluding steroid dienone is 2. The average molecular weight is 683 g/mol. The number of benzene rings is 2. The molecule has 5 rings (SSSR count). The third kappa shape index (κ3) is 13.9. The van der Waals surface area contributed by atoms with Crippen LogP contribution in [0.1, 0.15) is 96.3 Å². The summed E-state index contributed by atoms with van der Waals surface area (Å²) in [5, 5.41) is 20.6. The molecule has 5 N–H and O–H groups in total. The zero-order chi connectivity index (χ0) is 36.6. The van der Waals surface area contributed by atoms with E-state index in [1.165, 1.54) is 35.8 Å². The van der Waals surface area contributed by atoms with Crippen molar-refractivity contribution in [2.75, 3.05) is 18.4 Å².